The highest BCUT2D eigenvalue weighted by Gasteiger charge is 2.30. The maximum atomic E-state index is 10.5. The normalized spacial score (nSPS) is 19.3. The molecule has 0 aromatic carbocycles. The highest BCUT2D eigenvalue weighted by Crippen LogP contribution is 2.37. The van der Waals surface area contributed by atoms with Crippen molar-refractivity contribution in [2.24, 2.45) is 5.92 Å². The van der Waals surface area contributed by atoms with Gasteiger partial charge in [-0.25, -0.2) is 4.98 Å². The van der Waals surface area contributed by atoms with Gasteiger partial charge < -0.3 is 14.7 Å². The lowest BCUT2D eigenvalue weighted by Gasteiger charge is -2.29. The van der Waals surface area contributed by atoms with Crippen molar-refractivity contribution in [2.75, 3.05) is 18.6 Å². The number of hydrogen-bond donors (Lipinski definition) is 1. The second-order valence-electron chi connectivity index (χ2n) is 6.59. The first-order valence-corrected chi connectivity index (χ1v) is 8.61. The number of hydrogen-bond acceptors (Lipinski definition) is 6. The topological polar surface area (TPSA) is 76.3 Å². The Morgan fingerprint density at radius 1 is 1.29 bits per heavy atom. The predicted octanol–water partition coefficient (Wildman–Crippen LogP) is 1.93. The third-order valence-corrected chi connectivity index (χ3v) is 5.04. The molecular weight excluding hydrogens is 306 g/mol. The van der Waals surface area contributed by atoms with Crippen molar-refractivity contribution in [3.8, 4) is 5.88 Å². The van der Waals surface area contributed by atoms with Gasteiger partial charge in [-0.3, -0.25) is 4.68 Å². The van der Waals surface area contributed by atoms with Gasteiger partial charge in [0, 0.05) is 25.4 Å². The molecular formula is C17H23N5O2. The van der Waals surface area contributed by atoms with Crippen LogP contribution in [0, 0.1) is 5.92 Å². The van der Waals surface area contributed by atoms with E-state index in [0.717, 1.165) is 43.7 Å². The number of aromatic nitrogens is 4. The number of anilines is 1. The van der Waals surface area contributed by atoms with Gasteiger partial charge in [0.2, 0.25) is 11.8 Å². The Morgan fingerprint density at radius 3 is 2.92 bits per heavy atom. The molecule has 1 saturated carbocycles. The molecule has 3 heterocycles. The Bertz CT molecular complexity index is 713. The minimum absolute atomic E-state index is 0.377. The number of aliphatic hydroxyl groups excluding tert-OH is 1. The minimum Gasteiger partial charge on any atom is -0.481 e. The average Bonchev–Trinajstić information content (AvgIpc) is 2.85. The number of ether oxygens (including phenoxy) is 1. The van der Waals surface area contributed by atoms with Gasteiger partial charge in [-0.2, -0.15) is 10.1 Å². The highest BCUT2D eigenvalue weighted by molar-refractivity contribution is 5.34. The van der Waals surface area contributed by atoms with Crippen molar-refractivity contribution in [3.63, 3.8) is 0 Å². The van der Waals surface area contributed by atoms with Crippen LogP contribution in [0.3, 0.4) is 0 Å². The highest BCUT2D eigenvalue weighted by atomic mass is 16.5. The van der Waals surface area contributed by atoms with E-state index >= 15 is 0 Å². The Morgan fingerprint density at radius 2 is 2.17 bits per heavy atom. The predicted molar refractivity (Wildman–Crippen MR) is 88.8 cm³/mol. The molecule has 1 aliphatic heterocycles. The number of nitrogens with zero attached hydrogens (tertiary/aromatic N) is 5. The van der Waals surface area contributed by atoms with Gasteiger partial charge in [-0.1, -0.05) is 6.42 Å². The van der Waals surface area contributed by atoms with Crippen molar-refractivity contribution >= 4 is 5.95 Å². The van der Waals surface area contributed by atoms with Gasteiger partial charge in [0.25, 0.3) is 0 Å². The van der Waals surface area contributed by atoms with Gasteiger partial charge >= 0.3 is 0 Å². The molecule has 7 nitrogen and oxygen atoms in total. The summed E-state index contributed by atoms with van der Waals surface area (Å²) >= 11 is 0. The van der Waals surface area contributed by atoms with E-state index in [0.29, 0.717) is 24.3 Å². The summed E-state index contributed by atoms with van der Waals surface area (Å²) < 4.78 is 7.22. The molecule has 7 heteroatoms. The zero-order chi connectivity index (χ0) is 16.5. The van der Waals surface area contributed by atoms with Crippen molar-refractivity contribution < 1.29 is 9.84 Å². The summed E-state index contributed by atoms with van der Waals surface area (Å²) in [6, 6.07) is 3.79. The fraction of sp³-hybridized carbons (Fsp3) is 0.588. The lowest BCUT2D eigenvalue weighted by atomic mass is 9.80. The molecule has 1 atom stereocenters. The van der Waals surface area contributed by atoms with Gasteiger partial charge in [-0.05, 0) is 31.2 Å². The smallest absolute Gasteiger partial charge is 0.228 e. The molecule has 0 spiro atoms. The number of aryl methyl sites for hydroxylation is 1. The Hall–Kier alpha value is -2.15. The molecule has 2 aromatic heterocycles. The number of methoxy groups -OCH3 is 1. The summed E-state index contributed by atoms with van der Waals surface area (Å²) in [5.41, 5.74) is 1.91. The SMILES string of the molecule is COc1ccnc(N2CCCn3nc(C(O)C4CCC4)cc3C2)n1. The molecule has 1 unspecified atom stereocenters. The summed E-state index contributed by atoms with van der Waals surface area (Å²) in [5, 5.41) is 15.1. The molecule has 4 rings (SSSR count). The molecule has 0 bridgehead atoms. The molecule has 1 fully saturated rings. The summed E-state index contributed by atoms with van der Waals surface area (Å²) in [6.45, 7) is 2.42. The summed E-state index contributed by atoms with van der Waals surface area (Å²) in [6.07, 6.45) is 5.68. The fourth-order valence-corrected chi connectivity index (χ4v) is 3.40. The third kappa shape index (κ3) is 2.84. The van der Waals surface area contributed by atoms with Gasteiger partial charge in [-0.15, -0.1) is 0 Å². The van der Waals surface area contributed by atoms with Gasteiger partial charge in [0.05, 0.1) is 25.0 Å². The average molecular weight is 329 g/mol. The van der Waals surface area contributed by atoms with E-state index in [1.807, 2.05) is 10.7 Å². The quantitative estimate of drug-likeness (QED) is 0.923. The second-order valence-corrected chi connectivity index (χ2v) is 6.59. The maximum absolute atomic E-state index is 10.5. The standard InChI is InChI=1S/C17H23N5O2/c1-24-15-6-7-18-17(19-15)21-8-3-9-22-13(11-21)10-14(20-22)16(23)12-4-2-5-12/h6-7,10,12,16,23H,2-5,8-9,11H2,1H3. The zero-order valence-corrected chi connectivity index (χ0v) is 13.9. The maximum Gasteiger partial charge on any atom is 0.228 e. The van der Waals surface area contributed by atoms with Crippen molar-refractivity contribution in [1.29, 1.82) is 0 Å². The van der Waals surface area contributed by atoms with Crippen LogP contribution in [0.5, 0.6) is 5.88 Å². The minimum atomic E-state index is -0.431. The van der Waals surface area contributed by atoms with E-state index in [4.69, 9.17) is 4.74 Å². The van der Waals surface area contributed by atoms with E-state index < -0.39 is 6.10 Å². The van der Waals surface area contributed by atoms with Crippen molar-refractivity contribution in [3.05, 3.63) is 29.7 Å². The largest absolute Gasteiger partial charge is 0.481 e. The third-order valence-electron chi connectivity index (χ3n) is 5.04. The van der Waals surface area contributed by atoms with E-state index in [2.05, 4.69) is 20.0 Å². The molecule has 0 saturated heterocycles. The lowest BCUT2D eigenvalue weighted by molar-refractivity contribution is 0.0581. The summed E-state index contributed by atoms with van der Waals surface area (Å²) in [5.74, 6) is 1.62. The Balaban J connectivity index is 1.56. The number of rotatable bonds is 4. The molecule has 2 aromatic rings. The molecule has 24 heavy (non-hydrogen) atoms. The first-order valence-electron chi connectivity index (χ1n) is 8.61. The number of fused-ring (bicyclic) bond motifs is 1. The van der Waals surface area contributed by atoms with Crippen molar-refractivity contribution in [1.82, 2.24) is 19.7 Å². The monoisotopic (exact) mass is 329 g/mol. The van der Waals surface area contributed by atoms with Crippen LogP contribution in [0.15, 0.2) is 18.3 Å². The lowest BCUT2D eigenvalue weighted by Crippen LogP contribution is -2.24. The second kappa shape index (κ2) is 6.39. The molecule has 0 radical (unpaired) electrons. The van der Waals surface area contributed by atoms with Crippen LogP contribution in [-0.4, -0.2) is 38.5 Å². The molecule has 128 valence electrons. The van der Waals surface area contributed by atoms with Crippen LogP contribution < -0.4 is 9.64 Å². The first kappa shape index (κ1) is 15.4. The summed E-state index contributed by atoms with van der Waals surface area (Å²) in [7, 11) is 1.61. The van der Waals surface area contributed by atoms with Crippen LogP contribution in [0.2, 0.25) is 0 Å². The summed E-state index contributed by atoms with van der Waals surface area (Å²) in [4.78, 5) is 11.0. The number of aliphatic hydroxyl groups is 1. The van der Waals surface area contributed by atoms with Crippen LogP contribution in [0.1, 0.15) is 43.2 Å². The van der Waals surface area contributed by atoms with Crippen LogP contribution in [0.4, 0.5) is 5.95 Å². The van der Waals surface area contributed by atoms with Gasteiger partial charge in [0.1, 0.15) is 6.10 Å². The van der Waals surface area contributed by atoms with Crippen LogP contribution in [0.25, 0.3) is 0 Å². The van der Waals surface area contributed by atoms with Crippen LogP contribution >= 0.6 is 0 Å². The van der Waals surface area contributed by atoms with E-state index in [9.17, 15) is 5.11 Å². The van der Waals surface area contributed by atoms with Crippen LogP contribution in [-0.2, 0) is 13.1 Å². The molecule has 2 aliphatic rings. The van der Waals surface area contributed by atoms with E-state index in [1.54, 1.807) is 19.4 Å². The Labute approximate surface area is 141 Å². The van der Waals surface area contributed by atoms with E-state index in [-0.39, 0.29) is 0 Å². The molecule has 0 amide bonds. The Kier molecular flexibility index (Phi) is 4.10. The van der Waals surface area contributed by atoms with E-state index in [1.165, 1.54) is 6.42 Å². The zero-order valence-electron chi connectivity index (χ0n) is 13.9. The molecule has 1 aliphatic carbocycles. The fourth-order valence-electron chi connectivity index (χ4n) is 3.40. The molecule has 1 N–H and O–H groups in total. The van der Waals surface area contributed by atoms with Gasteiger partial charge in [0.15, 0.2) is 0 Å². The first-order chi connectivity index (χ1) is 11.7. The van der Waals surface area contributed by atoms with Crippen molar-refractivity contribution in [2.45, 2.75) is 44.9 Å².